The third-order valence-electron chi connectivity index (χ3n) is 2.70. The van der Waals surface area contributed by atoms with E-state index < -0.39 is 0 Å². The van der Waals surface area contributed by atoms with Gasteiger partial charge in [-0.2, -0.15) is 0 Å². The fourth-order valence-electron chi connectivity index (χ4n) is 1.81. The normalized spacial score (nSPS) is 13.1. The molecule has 0 fully saturated rings. The number of aromatic amines is 1. The molecule has 4 nitrogen and oxygen atoms in total. The predicted molar refractivity (Wildman–Crippen MR) is 71.5 cm³/mol. The summed E-state index contributed by atoms with van der Waals surface area (Å²) in [4.78, 5) is 19.0. The van der Waals surface area contributed by atoms with Gasteiger partial charge in [-0.3, -0.25) is 4.79 Å². The SMILES string of the molecule is CCCC(C)NCc1nc2ccsc2c(=O)[nH]1. The molecule has 0 aliphatic heterocycles. The summed E-state index contributed by atoms with van der Waals surface area (Å²) in [5.41, 5.74) is 0.753. The first kappa shape index (κ1) is 12.3. The van der Waals surface area contributed by atoms with Crippen molar-refractivity contribution in [3.8, 4) is 0 Å². The van der Waals surface area contributed by atoms with Crippen molar-refractivity contribution in [3.05, 3.63) is 27.6 Å². The van der Waals surface area contributed by atoms with Crippen LogP contribution in [0.4, 0.5) is 0 Å². The first-order valence-corrected chi connectivity index (χ1v) is 6.78. The van der Waals surface area contributed by atoms with Gasteiger partial charge in [-0.15, -0.1) is 11.3 Å². The van der Waals surface area contributed by atoms with Gasteiger partial charge < -0.3 is 10.3 Å². The summed E-state index contributed by atoms with van der Waals surface area (Å²) in [6.07, 6.45) is 2.28. The summed E-state index contributed by atoms with van der Waals surface area (Å²) in [7, 11) is 0. The van der Waals surface area contributed by atoms with Crippen molar-refractivity contribution in [3.63, 3.8) is 0 Å². The monoisotopic (exact) mass is 251 g/mol. The highest BCUT2D eigenvalue weighted by molar-refractivity contribution is 7.17. The van der Waals surface area contributed by atoms with E-state index >= 15 is 0 Å². The second-order valence-electron chi connectivity index (χ2n) is 4.22. The Morgan fingerprint density at radius 3 is 3.18 bits per heavy atom. The molecule has 0 radical (unpaired) electrons. The predicted octanol–water partition coefficient (Wildman–Crippen LogP) is 2.26. The van der Waals surface area contributed by atoms with Gasteiger partial charge in [-0.25, -0.2) is 4.98 Å². The second-order valence-corrected chi connectivity index (χ2v) is 5.13. The standard InChI is InChI=1S/C12H17N3OS/c1-3-4-8(2)13-7-10-14-9-5-6-17-11(9)12(16)15-10/h5-6,8,13H,3-4,7H2,1-2H3,(H,14,15,16). The van der Waals surface area contributed by atoms with Crippen LogP contribution >= 0.6 is 11.3 Å². The van der Waals surface area contributed by atoms with Crippen LogP contribution in [0.2, 0.25) is 0 Å². The highest BCUT2D eigenvalue weighted by Gasteiger charge is 2.06. The van der Waals surface area contributed by atoms with Crippen LogP contribution in [0.5, 0.6) is 0 Å². The van der Waals surface area contributed by atoms with Gasteiger partial charge in [0.15, 0.2) is 0 Å². The van der Waals surface area contributed by atoms with E-state index in [1.165, 1.54) is 11.3 Å². The Kier molecular flexibility index (Phi) is 3.91. The molecule has 0 aromatic carbocycles. The third kappa shape index (κ3) is 2.92. The molecule has 2 heterocycles. The van der Waals surface area contributed by atoms with Crippen LogP contribution in [-0.4, -0.2) is 16.0 Å². The first-order chi connectivity index (χ1) is 8.20. The molecule has 5 heteroatoms. The van der Waals surface area contributed by atoms with Gasteiger partial charge in [-0.05, 0) is 24.8 Å². The van der Waals surface area contributed by atoms with E-state index in [1.807, 2.05) is 11.4 Å². The minimum absolute atomic E-state index is 0.0371. The van der Waals surface area contributed by atoms with Crippen LogP contribution in [0, 0.1) is 0 Å². The average molecular weight is 251 g/mol. The largest absolute Gasteiger partial charge is 0.308 e. The van der Waals surface area contributed by atoms with Gasteiger partial charge in [0, 0.05) is 6.04 Å². The molecule has 2 aromatic heterocycles. The molecule has 2 aromatic rings. The fraction of sp³-hybridized carbons (Fsp3) is 0.500. The molecule has 0 bridgehead atoms. The lowest BCUT2D eigenvalue weighted by molar-refractivity contribution is 0.499. The number of nitrogens with zero attached hydrogens (tertiary/aromatic N) is 1. The van der Waals surface area contributed by atoms with Crippen molar-refractivity contribution in [1.82, 2.24) is 15.3 Å². The molecular weight excluding hydrogens is 234 g/mol. The molecular formula is C12H17N3OS. The van der Waals surface area contributed by atoms with E-state index in [4.69, 9.17) is 0 Å². The number of hydrogen-bond acceptors (Lipinski definition) is 4. The van der Waals surface area contributed by atoms with Crippen molar-refractivity contribution in [2.75, 3.05) is 0 Å². The van der Waals surface area contributed by atoms with Crippen LogP contribution in [0.3, 0.4) is 0 Å². The number of aromatic nitrogens is 2. The summed E-state index contributed by atoms with van der Waals surface area (Å²) in [6, 6.07) is 2.33. The lowest BCUT2D eigenvalue weighted by Gasteiger charge is -2.11. The van der Waals surface area contributed by atoms with Gasteiger partial charge >= 0.3 is 0 Å². The number of hydrogen-bond donors (Lipinski definition) is 2. The molecule has 2 N–H and O–H groups in total. The summed E-state index contributed by atoms with van der Waals surface area (Å²) in [5, 5.41) is 5.25. The van der Waals surface area contributed by atoms with Crippen molar-refractivity contribution in [1.29, 1.82) is 0 Å². The van der Waals surface area contributed by atoms with Crippen LogP contribution in [0.15, 0.2) is 16.2 Å². The summed E-state index contributed by atoms with van der Waals surface area (Å²) < 4.78 is 0.704. The lowest BCUT2D eigenvalue weighted by Crippen LogP contribution is -2.27. The van der Waals surface area contributed by atoms with Gasteiger partial charge in [0.25, 0.3) is 5.56 Å². The second kappa shape index (κ2) is 5.42. The van der Waals surface area contributed by atoms with Crippen LogP contribution in [0.25, 0.3) is 10.2 Å². The molecule has 1 unspecified atom stereocenters. The van der Waals surface area contributed by atoms with E-state index in [0.29, 0.717) is 23.1 Å². The lowest BCUT2D eigenvalue weighted by atomic mass is 10.2. The van der Waals surface area contributed by atoms with Crippen LogP contribution in [-0.2, 0) is 6.54 Å². The number of rotatable bonds is 5. The van der Waals surface area contributed by atoms with Crippen molar-refractivity contribution < 1.29 is 0 Å². The Labute approximate surface area is 104 Å². The Morgan fingerprint density at radius 2 is 2.41 bits per heavy atom. The van der Waals surface area contributed by atoms with Gasteiger partial charge in [0.05, 0.1) is 12.1 Å². The third-order valence-corrected chi connectivity index (χ3v) is 3.61. The molecule has 0 amide bonds. The molecule has 0 aliphatic rings. The molecule has 0 aliphatic carbocycles. The van der Waals surface area contributed by atoms with Gasteiger partial charge in [-0.1, -0.05) is 13.3 Å². The maximum Gasteiger partial charge on any atom is 0.268 e. The van der Waals surface area contributed by atoms with Crippen LogP contribution < -0.4 is 10.9 Å². The number of nitrogens with one attached hydrogen (secondary N) is 2. The van der Waals surface area contributed by atoms with E-state index in [0.717, 1.165) is 18.4 Å². The minimum Gasteiger partial charge on any atom is -0.308 e. The Balaban J connectivity index is 2.11. The number of H-pyrrole nitrogens is 1. The first-order valence-electron chi connectivity index (χ1n) is 5.90. The minimum atomic E-state index is -0.0371. The summed E-state index contributed by atoms with van der Waals surface area (Å²) in [5.74, 6) is 0.712. The number of thiophene rings is 1. The topological polar surface area (TPSA) is 57.8 Å². The zero-order valence-electron chi connectivity index (χ0n) is 10.1. The zero-order valence-corrected chi connectivity index (χ0v) is 10.9. The highest BCUT2D eigenvalue weighted by atomic mass is 32.1. The maximum absolute atomic E-state index is 11.7. The van der Waals surface area contributed by atoms with E-state index in [1.54, 1.807) is 0 Å². The molecule has 0 spiro atoms. The van der Waals surface area contributed by atoms with Crippen molar-refractivity contribution in [2.45, 2.75) is 39.3 Å². The van der Waals surface area contributed by atoms with Crippen LogP contribution in [0.1, 0.15) is 32.5 Å². The van der Waals surface area contributed by atoms with E-state index in [9.17, 15) is 4.79 Å². The Bertz CT molecular complexity index is 546. The average Bonchev–Trinajstić information content (AvgIpc) is 2.75. The smallest absolute Gasteiger partial charge is 0.268 e. The van der Waals surface area contributed by atoms with Gasteiger partial charge in [0.1, 0.15) is 10.5 Å². The molecule has 0 saturated heterocycles. The molecule has 1 atom stereocenters. The summed E-state index contributed by atoms with van der Waals surface area (Å²) in [6.45, 7) is 4.92. The van der Waals surface area contributed by atoms with Crippen molar-refractivity contribution in [2.24, 2.45) is 0 Å². The quantitative estimate of drug-likeness (QED) is 0.857. The Hall–Kier alpha value is -1.20. The number of fused-ring (bicyclic) bond motifs is 1. The van der Waals surface area contributed by atoms with E-state index in [-0.39, 0.29) is 5.56 Å². The summed E-state index contributed by atoms with van der Waals surface area (Å²) >= 11 is 1.43. The van der Waals surface area contributed by atoms with E-state index in [2.05, 4.69) is 29.1 Å². The fourth-order valence-corrected chi connectivity index (χ4v) is 2.54. The molecule has 2 rings (SSSR count). The maximum atomic E-state index is 11.7. The molecule has 0 saturated carbocycles. The van der Waals surface area contributed by atoms with Crippen molar-refractivity contribution >= 4 is 21.6 Å². The highest BCUT2D eigenvalue weighted by Crippen LogP contribution is 2.13. The Morgan fingerprint density at radius 1 is 1.59 bits per heavy atom. The van der Waals surface area contributed by atoms with Gasteiger partial charge in [0.2, 0.25) is 0 Å². The molecule has 92 valence electrons. The molecule has 17 heavy (non-hydrogen) atoms. The zero-order chi connectivity index (χ0) is 12.3.